The van der Waals surface area contributed by atoms with Crippen molar-refractivity contribution in [1.82, 2.24) is 10.3 Å². The first kappa shape index (κ1) is 17.4. The number of hydrogen-bond donors (Lipinski definition) is 2. The summed E-state index contributed by atoms with van der Waals surface area (Å²) in [6, 6.07) is 0. The van der Waals surface area contributed by atoms with E-state index >= 15 is 0 Å². The minimum Gasteiger partial charge on any atom is -0.327 e. The molecular weight excluding hydrogens is 284 g/mol. The summed E-state index contributed by atoms with van der Waals surface area (Å²) in [5.41, 5.74) is 0. The van der Waals surface area contributed by atoms with Crippen LogP contribution in [0, 0.1) is 11.5 Å². The number of carbonyl (C=O) groups excluding carboxylic acids is 1. The SMILES string of the molecule is C1CC1.CNC#N.O=CNc1ncc(C2CCCCC2)s1. The van der Waals surface area contributed by atoms with Crippen LogP contribution in [0.5, 0.6) is 0 Å². The standard InChI is InChI=1S/C10H14N2OS.C3H6.C2H4N2/c13-7-12-10-11-6-9(14-10)8-4-2-1-3-5-8;1-2-3-1;1-4-2-3/h6-8H,1-5H2,(H,11,12,13);1-3H2;4H,1H3. The topological polar surface area (TPSA) is 77.8 Å². The fourth-order valence-corrected chi connectivity index (χ4v) is 2.92. The Labute approximate surface area is 130 Å². The first-order valence-corrected chi connectivity index (χ1v) is 8.35. The smallest absolute Gasteiger partial charge is 0.213 e. The van der Waals surface area contributed by atoms with Gasteiger partial charge in [0.05, 0.1) is 0 Å². The lowest BCUT2D eigenvalue weighted by Crippen LogP contribution is -2.02. The van der Waals surface area contributed by atoms with Crippen molar-refractivity contribution in [3.8, 4) is 6.19 Å². The molecule has 1 heterocycles. The normalized spacial score (nSPS) is 16.2. The molecule has 116 valence electrons. The second kappa shape index (κ2) is 11.1. The maximum absolute atomic E-state index is 10.2. The summed E-state index contributed by atoms with van der Waals surface area (Å²) in [4.78, 5) is 15.7. The zero-order valence-corrected chi connectivity index (χ0v) is 13.4. The minimum absolute atomic E-state index is 0.684. The predicted molar refractivity (Wildman–Crippen MR) is 86.2 cm³/mol. The number of carbonyl (C=O) groups is 1. The van der Waals surface area contributed by atoms with Crippen LogP contribution in [0.2, 0.25) is 0 Å². The molecule has 0 bridgehead atoms. The van der Waals surface area contributed by atoms with Crippen molar-refractivity contribution in [3.05, 3.63) is 11.1 Å². The molecule has 2 saturated carbocycles. The zero-order chi connectivity index (χ0) is 15.3. The van der Waals surface area contributed by atoms with E-state index in [1.54, 1.807) is 24.6 Å². The van der Waals surface area contributed by atoms with Gasteiger partial charge in [0, 0.05) is 18.1 Å². The van der Waals surface area contributed by atoms with E-state index < -0.39 is 0 Å². The van der Waals surface area contributed by atoms with Crippen LogP contribution in [0.25, 0.3) is 0 Å². The van der Waals surface area contributed by atoms with Gasteiger partial charge in [-0.15, -0.1) is 11.3 Å². The highest BCUT2D eigenvalue weighted by atomic mass is 32.1. The summed E-state index contributed by atoms with van der Waals surface area (Å²) in [6.07, 6.45) is 15.4. The van der Waals surface area contributed by atoms with Gasteiger partial charge in [0.15, 0.2) is 11.3 Å². The molecule has 0 unspecified atom stereocenters. The van der Waals surface area contributed by atoms with Crippen LogP contribution in [0.15, 0.2) is 6.20 Å². The Balaban J connectivity index is 0.000000261. The molecule has 1 aromatic rings. The van der Waals surface area contributed by atoms with Crippen molar-refractivity contribution in [3.63, 3.8) is 0 Å². The third-order valence-corrected chi connectivity index (χ3v) is 4.27. The average molecular weight is 308 g/mol. The molecule has 0 saturated heterocycles. The quantitative estimate of drug-likeness (QED) is 0.508. The van der Waals surface area contributed by atoms with Gasteiger partial charge in [0.2, 0.25) is 6.41 Å². The molecule has 21 heavy (non-hydrogen) atoms. The van der Waals surface area contributed by atoms with E-state index in [1.807, 2.05) is 6.20 Å². The second-order valence-corrected chi connectivity index (χ2v) is 6.15. The molecule has 0 atom stereocenters. The van der Waals surface area contributed by atoms with Crippen molar-refractivity contribution in [1.29, 1.82) is 5.26 Å². The molecule has 0 spiro atoms. The lowest BCUT2D eigenvalue weighted by molar-refractivity contribution is -0.105. The number of aromatic nitrogens is 1. The van der Waals surface area contributed by atoms with Gasteiger partial charge < -0.3 is 10.6 Å². The number of anilines is 1. The van der Waals surface area contributed by atoms with Gasteiger partial charge in [-0.2, -0.15) is 5.26 Å². The predicted octanol–water partition coefficient (Wildman–Crippen LogP) is 3.62. The highest BCUT2D eigenvalue weighted by molar-refractivity contribution is 7.15. The Morgan fingerprint density at radius 2 is 1.86 bits per heavy atom. The number of amides is 1. The van der Waals surface area contributed by atoms with Gasteiger partial charge in [-0.3, -0.25) is 4.79 Å². The van der Waals surface area contributed by atoms with Gasteiger partial charge in [0.1, 0.15) is 0 Å². The van der Waals surface area contributed by atoms with E-state index in [0.29, 0.717) is 12.3 Å². The van der Waals surface area contributed by atoms with Crippen LogP contribution in [0.3, 0.4) is 0 Å². The van der Waals surface area contributed by atoms with E-state index in [4.69, 9.17) is 5.26 Å². The molecule has 0 aliphatic heterocycles. The molecule has 5 nitrogen and oxygen atoms in total. The number of nitrogens with one attached hydrogen (secondary N) is 2. The summed E-state index contributed by atoms with van der Waals surface area (Å²) in [5, 5.41) is 13.1. The van der Waals surface area contributed by atoms with Crippen molar-refractivity contribution < 1.29 is 4.79 Å². The van der Waals surface area contributed by atoms with Gasteiger partial charge >= 0.3 is 0 Å². The van der Waals surface area contributed by atoms with E-state index in [1.165, 1.54) is 56.2 Å². The summed E-state index contributed by atoms with van der Waals surface area (Å²) >= 11 is 1.61. The van der Waals surface area contributed by atoms with Gasteiger partial charge in [-0.1, -0.05) is 38.5 Å². The molecule has 3 rings (SSSR count). The van der Waals surface area contributed by atoms with E-state index in [-0.39, 0.29) is 0 Å². The van der Waals surface area contributed by atoms with E-state index in [9.17, 15) is 4.79 Å². The molecule has 0 radical (unpaired) electrons. The molecule has 1 aromatic heterocycles. The van der Waals surface area contributed by atoms with E-state index in [2.05, 4.69) is 15.6 Å². The molecule has 2 fully saturated rings. The average Bonchev–Trinajstić information content (AvgIpc) is 3.36. The Morgan fingerprint density at radius 3 is 2.33 bits per heavy atom. The Morgan fingerprint density at radius 1 is 1.29 bits per heavy atom. The molecule has 2 aliphatic carbocycles. The van der Waals surface area contributed by atoms with Crippen LogP contribution >= 0.6 is 11.3 Å². The number of thiazole rings is 1. The number of nitrogens with zero attached hydrogens (tertiary/aromatic N) is 2. The summed E-state index contributed by atoms with van der Waals surface area (Å²) in [7, 11) is 1.57. The Hall–Kier alpha value is -1.61. The second-order valence-electron chi connectivity index (χ2n) is 5.09. The Bertz CT molecular complexity index is 430. The molecule has 0 aromatic carbocycles. The lowest BCUT2D eigenvalue weighted by Gasteiger charge is -2.19. The minimum atomic E-state index is 0.684. The maximum atomic E-state index is 10.2. The monoisotopic (exact) mass is 308 g/mol. The highest BCUT2D eigenvalue weighted by Crippen LogP contribution is 2.36. The first-order chi connectivity index (χ1) is 10.3. The third-order valence-electron chi connectivity index (χ3n) is 3.18. The molecule has 2 N–H and O–H groups in total. The van der Waals surface area contributed by atoms with E-state index in [0.717, 1.165) is 5.13 Å². The number of hydrogen-bond acceptors (Lipinski definition) is 5. The van der Waals surface area contributed by atoms with Gasteiger partial charge in [-0.25, -0.2) is 4.98 Å². The number of nitriles is 1. The summed E-state index contributed by atoms with van der Waals surface area (Å²) in [6.45, 7) is 0. The maximum Gasteiger partial charge on any atom is 0.213 e. The Kier molecular flexibility index (Phi) is 9.21. The van der Waals surface area contributed by atoms with Crippen LogP contribution in [-0.4, -0.2) is 18.4 Å². The highest BCUT2D eigenvalue weighted by Gasteiger charge is 2.17. The molecule has 2 aliphatic rings. The molecule has 6 heteroatoms. The first-order valence-electron chi connectivity index (χ1n) is 7.53. The summed E-state index contributed by atoms with van der Waals surface area (Å²) < 4.78 is 0. The van der Waals surface area contributed by atoms with Crippen LogP contribution < -0.4 is 10.6 Å². The van der Waals surface area contributed by atoms with Crippen LogP contribution in [0.4, 0.5) is 5.13 Å². The van der Waals surface area contributed by atoms with Gasteiger partial charge in [0.25, 0.3) is 0 Å². The molecular formula is C15H24N4OS. The third kappa shape index (κ3) is 8.30. The van der Waals surface area contributed by atoms with Crippen molar-refractivity contribution in [2.24, 2.45) is 0 Å². The largest absolute Gasteiger partial charge is 0.327 e. The summed E-state index contributed by atoms with van der Waals surface area (Å²) in [5.74, 6) is 0.684. The van der Waals surface area contributed by atoms with Gasteiger partial charge in [-0.05, 0) is 18.8 Å². The van der Waals surface area contributed by atoms with Crippen LogP contribution in [0.1, 0.15) is 62.2 Å². The van der Waals surface area contributed by atoms with Crippen LogP contribution in [-0.2, 0) is 4.79 Å². The number of rotatable bonds is 3. The molecule has 1 amide bonds. The van der Waals surface area contributed by atoms with Crippen molar-refractivity contribution in [2.75, 3.05) is 12.4 Å². The zero-order valence-electron chi connectivity index (χ0n) is 12.6. The fraction of sp³-hybridized carbons (Fsp3) is 0.667. The fourth-order valence-electron chi connectivity index (χ4n) is 1.98. The van der Waals surface area contributed by atoms with Crippen molar-refractivity contribution >= 4 is 22.9 Å². The lowest BCUT2D eigenvalue weighted by atomic mass is 9.89. The van der Waals surface area contributed by atoms with Crippen molar-refractivity contribution in [2.45, 2.75) is 57.3 Å².